The normalized spacial score (nSPS) is 12.5. The van der Waals surface area contributed by atoms with Crippen molar-refractivity contribution in [2.24, 2.45) is 7.05 Å². The Labute approximate surface area is 220 Å². The van der Waals surface area contributed by atoms with Crippen LogP contribution in [-0.2, 0) is 24.9 Å². The zero-order valence-corrected chi connectivity index (χ0v) is 21.6. The van der Waals surface area contributed by atoms with Gasteiger partial charge < -0.3 is 25.4 Å². The smallest absolute Gasteiger partial charge is 0.256 e. The first kappa shape index (κ1) is 24.9. The molecule has 1 aliphatic rings. The van der Waals surface area contributed by atoms with Gasteiger partial charge in [0.2, 0.25) is 5.91 Å². The number of fused-ring (bicyclic) bond motifs is 2. The molecule has 0 atom stereocenters. The molecule has 194 valence electrons. The van der Waals surface area contributed by atoms with Crippen LogP contribution >= 0.6 is 0 Å². The first-order chi connectivity index (χ1) is 18.3. The Kier molecular flexibility index (Phi) is 6.50. The molecule has 1 aliphatic heterocycles. The lowest BCUT2D eigenvalue weighted by atomic mass is 9.95. The molecule has 3 N–H and O–H groups in total. The first-order valence-corrected chi connectivity index (χ1v) is 12.1. The van der Waals surface area contributed by atoms with E-state index in [0.717, 1.165) is 33.2 Å². The molecule has 0 radical (unpaired) electrons. The summed E-state index contributed by atoms with van der Waals surface area (Å²) in [4.78, 5) is 27.8. The summed E-state index contributed by atoms with van der Waals surface area (Å²) in [5.41, 5.74) is 11.9. The van der Waals surface area contributed by atoms with E-state index in [4.69, 9.17) is 15.2 Å². The van der Waals surface area contributed by atoms with E-state index in [-0.39, 0.29) is 30.5 Å². The topological polar surface area (TPSA) is 112 Å². The molecule has 38 heavy (non-hydrogen) atoms. The Morgan fingerprint density at radius 1 is 1.13 bits per heavy atom. The molecule has 0 spiro atoms. The second-order valence-electron chi connectivity index (χ2n) is 9.22. The fourth-order valence-corrected chi connectivity index (χ4v) is 4.81. The summed E-state index contributed by atoms with van der Waals surface area (Å²) in [6, 6.07) is 15.2. The summed E-state index contributed by atoms with van der Waals surface area (Å²) in [5, 5.41) is 8.21. The average molecular weight is 512 g/mol. The Bertz CT molecular complexity index is 1590. The third-order valence-electron chi connectivity index (χ3n) is 6.89. The van der Waals surface area contributed by atoms with Crippen LogP contribution in [0.25, 0.3) is 22.0 Å². The molecule has 0 bridgehead atoms. The van der Waals surface area contributed by atoms with Crippen molar-refractivity contribution in [3.63, 3.8) is 0 Å². The Morgan fingerprint density at radius 2 is 1.95 bits per heavy atom. The van der Waals surface area contributed by atoms with Crippen LogP contribution in [0.3, 0.4) is 0 Å². The Balaban J connectivity index is 1.32. The van der Waals surface area contributed by atoms with Crippen molar-refractivity contribution in [1.82, 2.24) is 20.0 Å². The molecule has 0 saturated heterocycles. The molecule has 0 unspecified atom stereocenters. The number of nitrogens with zero attached hydrogens (tertiary/aromatic N) is 3. The van der Waals surface area contributed by atoms with Gasteiger partial charge in [-0.3, -0.25) is 14.3 Å². The van der Waals surface area contributed by atoms with Gasteiger partial charge in [-0.05, 0) is 41.0 Å². The molecule has 0 aliphatic carbocycles. The predicted molar refractivity (Wildman–Crippen MR) is 146 cm³/mol. The number of aryl methyl sites for hydroxylation is 1. The zero-order valence-electron chi connectivity index (χ0n) is 21.6. The van der Waals surface area contributed by atoms with E-state index >= 15 is 0 Å². The van der Waals surface area contributed by atoms with Crippen molar-refractivity contribution in [3.8, 4) is 22.6 Å². The van der Waals surface area contributed by atoms with Crippen LogP contribution in [0.1, 0.15) is 21.5 Å². The molecule has 5 rings (SSSR count). The molecular formula is C29H29N5O4. The van der Waals surface area contributed by atoms with E-state index in [1.54, 1.807) is 37.3 Å². The lowest BCUT2D eigenvalue weighted by molar-refractivity contribution is -0.117. The van der Waals surface area contributed by atoms with Crippen molar-refractivity contribution in [3.05, 3.63) is 83.6 Å². The fourth-order valence-electron chi connectivity index (χ4n) is 4.81. The number of benzene rings is 3. The maximum atomic E-state index is 13.3. The highest BCUT2D eigenvalue weighted by atomic mass is 16.5. The third kappa shape index (κ3) is 4.43. The standard InChI is InChI=1S/C29H29N5O4/c1-17(28(35)31-13-20-7-8-21(37-3)12-26(20)38-4)15-34-16-23-22(9-10-24(30)27(23)29(34)36)18-5-6-19-14-32-33(2)25(19)11-18/h5-12,14H,1,13,15-16,30H2,2-4H3,(H,31,35). The molecule has 0 saturated carbocycles. The van der Waals surface area contributed by atoms with Crippen molar-refractivity contribution < 1.29 is 19.1 Å². The van der Waals surface area contributed by atoms with E-state index in [2.05, 4.69) is 23.1 Å². The highest BCUT2D eigenvalue weighted by Crippen LogP contribution is 2.37. The van der Waals surface area contributed by atoms with Gasteiger partial charge in [0.25, 0.3) is 5.91 Å². The van der Waals surface area contributed by atoms with Crippen molar-refractivity contribution >= 4 is 28.4 Å². The summed E-state index contributed by atoms with van der Waals surface area (Å²) in [5.74, 6) is 0.702. The van der Waals surface area contributed by atoms with Gasteiger partial charge in [-0.25, -0.2) is 0 Å². The predicted octanol–water partition coefficient (Wildman–Crippen LogP) is 3.67. The van der Waals surface area contributed by atoms with Gasteiger partial charge in [0.15, 0.2) is 0 Å². The van der Waals surface area contributed by atoms with E-state index in [0.29, 0.717) is 29.3 Å². The van der Waals surface area contributed by atoms with Crippen LogP contribution in [-0.4, -0.2) is 47.3 Å². The quantitative estimate of drug-likeness (QED) is 0.276. The molecule has 2 heterocycles. The summed E-state index contributed by atoms with van der Waals surface area (Å²) < 4.78 is 12.4. The minimum atomic E-state index is -0.346. The van der Waals surface area contributed by atoms with Crippen LogP contribution in [0.2, 0.25) is 0 Å². The largest absolute Gasteiger partial charge is 0.497 e. The molecule has 0 fully saturated rings. The van der Waals surface area contributed by atoms with Gasteiger partial charge in [-0.15, -0.1) is 0 Å². The summed E-state index contributed by atoms with van der Waals surface area (Å²) in [6.45, 7) is 4.60. The third-order valence-corrected chi connectivity index (χ3v) is 6.89. The molecule has 4 aromatic rings. The highest BCUT2D eigenvalue weighted by molar-refractivity contribution is 6.06. The van der Waals surface area contributed by atoms with Gasteiger partial charge in [-0.1, -0.05) is 24.8 Å². The number of carbonyl (C=O) groups is 2. The van der Waals surface area contributed by atoms with Crippen molar-refractivity contribution in [2.75, 3.05) is 26.5 Å². The molecule has 9 heteroatoms. The zero-order chi connectivity index (χ0) is 27.0. The maximum Gasteiger partial charge on any atom is 0.256 e. The summed E-state index contributed by atoms with van der Waals surface area (Å²) in [7, 11) is 5.03. The molecule has 2 amide bonds. The number of aromatic nitrogens is 2. The monoisotopic (exact) mass is 511 g/mol. The van der Waals surface area contributed by atoms with Crippen LogP contribution in [0, 0.1) is 0 Å². The second-order valence-corrected chi connectivity index (χ2v) is 9.22. The van der Waals surface area contributed by atoms with Crippen molar-refractivity contribution in [2.45, 2.75) is 13.1 Å². The van der Waals surface area contributed by atoms with Crippen molar-refractivity contribution in [1.29, 1.82) is 0 Å². The minimum absolute atomic E-state index is 0.0821. The fraction of sp³-hybridized carbons (Fsp3) is 0.207. The van der Waals surface area contributed by atoms with Crippen LogP contribution in [0.4, 0.5) is 5.69 Å². The van der Waals surface area contributed by atoms with Gasteiger partial charge in [-0.2, -0.15) is 5.10 Å². The number of nitrogen functional groups attached to an aromatic ring is 1. The average Bonchev–Trinajstić information content (AvgIpc) is 3.46. The number of hydrogen-bond donors (Lipinski definition) is 2. The van der Waals surface area contributed by atoms with Crippen LogP contribution in [0.5, 0.6) is 11.5 Å². The van der Waals surface area contributed by atoms with Gasteiger partial charge in [0, 0.05) is 48.4 Å². The van der Waals surface area contributed by atoms with E-state index < -0.39 is 0 Å². The lowest BCUT2D eigenvalue weighted by Crippen LogP contribution is -2.33. The van der Waals surface area contributed by atoms with E-state index in [1.165, 1.54) is 0 Å². The molecular weight excluding hydrogens is 482 g/mol. The highest BCUT2D eigenvalue weighted by Gasteiger charge is 2.32. The van der Waals surface area contributed by atoms with Crippen LogP contribution in [0.15, 0.2) is 66.9 Å². The van der Waals surface area contributed by atoms with Crippen LogP contribution < -0.4 is 20.5 Å². The summed E-state index contributed by atoms with van der Waals surface area (Å²) >= 11 is 0. The van der Waals surface area contributed by atoms with E-state index in [1.807, 2.05) is 42.2 Å². The lowest BCUT2D eigenvalue weighted by Gasteiger charge is -2.18. The minimum Gasteiger partial charge on any atom is -0.497 e. The molecule has 1 aromatic heterocycles. The maximum absolute atomic E-state index is 13.3. The second kappa shape index (κ2) is 9.93. The molecule has 9 nitrogen and oxygen atoms in total. The number of anilines is 1. The number of hydrogen-bond acceptors (Lipinski definition) is 6. The summed E-state index contributed by atoms with van der Waals surface area (Å²) in [6.07, 6.45) is 1.82. The Hall–Kier alpha value is -4.79. The Morgan fingerprint density at radius 3 is 2.71 bits per heavy atom. The number of carbonyl (C=O) groups excluding carboxylic acids is 2. The number of rotatable bonds is 8. The SMILES string of the molecule is C=C(CN1Cc2c(-c3ccc4cnn(C)c4c3)ccc(N)c2C1=O)C(=O)NCc1ccc(OC)cc1OC. The number of nitrogens with two attached hydrogens (primary N) is 1. The number of ether oxygens (including phenoxy) is 2. The number of amides is 2. The number of methoxy groups -OCH3 is 2. The van der Waals surface area contributed by atoms with Gasteiger partial charge >= 0.3 is 0 Å². The first-order valence-electron chi connectivity index (χ1n) is 12.1. The number of nitrogens with one attached hydrogen (secondary N) is 1. The molecule has 3 aromatic carbocycles. The van der Waals surface area contributed by atoms with E-state index in [9.17, 15) is 9.59 Å². The van der Waals surface area contributed by atoms with Gasteiger partial charge in [0.1, 0.15) is 11.5 Å². The van der Waals surface area contributed by atoms with Gasteiger partial charge in [0.05, 0.1) is 38.0 Å².